The van der Waals surface area contributed by atoms with Crippen molar-refractivity contribution >= 4 is 41.5 Å². The van der Waals surface area contributed by atoms with Crippen LogP contribution in [0.3, 0.4) is 0 Å². The average molecular weight is 497 g/mol. The van der Waals surface area contributed by atoms with Crippen molar-refractivity contribution in [2.75, 3.05) is 33.8 Å². The van der Waals surface area contributed by atoms with Crippen LogP contribution >= 0.6 is 35.6 Å². The Morgan fingerprint density at radius 3 is 2.58 bits per heavy atom. The van der Waals surface area contributed by atoms with Crippen molar-refractivity contribution in [1.82, 2.24) is 15.5 Å². The summed E-state index contributed by atoms with van der Waals surface area (Å²) in [4.78, 5) is 6.76. The van der Waals surface area contributed by atoms with Crippen molar-refractivity contribution in [2.24, 2.45) is 4.99 Å². The molecule has 1 atom stereocenters. The van der Waals surface area contributed by atoms with Gasteiger partial charge in [-0.15, -0.1) is 24.0 Å². The van der Waals surface area contributed by atoms with E-state index in [1.54, 1.807) is 14.2 Å². The van der Waals surface area contributed by atoms with Gasteiger partial charge in [0.15, 0.2) is 5.96 Å². The number of ether oxygens (including phenoxy) is 1. The van der Waals surface area contributed by atoms with E-state index in [1.807, 2.05) is 18.2 Å². The molecule has 0 saturated carbocycles. The van der Waals surface area contributed by atoms with Gasteiger partial charge >= 0.3 is 0 Å². The van der Waals surface area contributed by atoms with Crippen LogP contribution in [0.5, 0.6) is 5.75 Å². The molecule has 1 aromatic rings. The minimum Gasteiger partial charge on any atom is -0.496 e. The van der Waals surface area contributed by atoms with E-state index in [-0.39, 0.29) is 24.0 Å². The summed E-state index contributed by atoms with van der Waals surface area (Å²) >= 11 is 6.01. The minimum absolute atomic E-state index is 0. The van der Waals surface area contributed by atoms with Gasteiger partial charge in [-0.25, -0.2) is 0 Å². The number of nitrogens with zero attached hydrogens (tertiary/aromatic N) is 2. The predicted octanol–water partition coefficient (Wildman–Crippen LogP) is 4.14. The Balaban J connectivity index is 0.00000625. The van der Waals surface area contributed by atoms with Crippen molar-refractivity contribution in [3.63, 3.8) is 0 Å². The molecule has 0 aliphatic rings. The first-order valence-corrected chi connectivity index (χ1v) is 9.43. The quantitative estimate of drug-likeness (QED) is 0.290. The molecule has 1 rings (SSSR count). The highest BCUT2D eigenvalue weighted by atomic mass is 127. The Morgan fingerprint density at radius 1 is 1.31 bits per heavy atom. The number of benzene rings is 1. The molecular weight excluding hydrogens is 463 g/mol. The summed E-state index contributed by atoms with van der Waals surface area (Å²) in [5.41, 5.74) is 1.05. The molecule has 5 nitrogen and oxygen atoms in total. The zero-order valence-corrected chi connectivity index (χ0v) is 19.7. The summed E-state index contributed by atoms with van der Waals surface area (Å²) in [6.45, 7) is 10.6. The van der Waals surface area contributed by atoms with Crippen LogP contribution in [-0.2, 0) is 6.54 Å². The molecule has 0 fully saturated rings. The first-order chi connectivity index (χ1) is 12.0. The number of hydrogen-bond acceptors (Lipinski definition) is 3. The Kier molecular flexibility index (Phi) is 13.9. The molecule has 150 valence electrons. The smallest absolute Gasteiger partial charge is 0.191 e. The zero-order valence-electron chi connectivity index (χ0n) is 16.6. The van der Waals surface area contributed by atoms with Gasteiger partial charge < -0.3 is 20.3 Å². The average Bonchev–Trinajstić information content (AvgIpc) is 2.62. The highest BCUT2D eigenvalue weighted by Crippen LogP contribution is 2.22. The fraction of sp³-hybridized carbons (Fsp3) is 0.632. The molecule has 0 bridgehead atoms. The Morgan fingerprint density at radius 2 is 2.00 bits per heavy atom. The molecule has 1 aromatic carbocycles. The van der Waals surface area contributed by atoms with Crippen molar-refractivity contribution in [1.29, 1.82) is 0 Å². The first-order valence-electron chi connectivity index (χ1n) is 9.05. The molecule has 0 saturated heterocycles. The molecule has 1 unspecified atom stereocenters. The van der Waals surface area contributed by atoms with Gasteiger partial charge in [-0.3, -0.25) is 4.99 Å². The maximum atomic E-state index is 6.01. The number of aliphatic imine (C=N–C) groups is 1. The van der Waals surface area contributed by atoms with Gasteiger partial charge in [0.1, 0.15) is 5.75 Å². The molecule has 0 aliphatic heterocycles. The predicted molar refractivity (Wildman–Crippen MR) is 123 cm³/mol. The summed E-state index contributed by atoms with van der Waals surface area (Å²) in [6.07, 6.45) is 2.29. The second kappa shape index (κ2) is 14.3. The number of methoxy groups -OCH3 is 1. The van der Waals surface area contributed by atoms with Crippen LogP contribution in [0.2, 0.25) is 5.02 Å². The van der Waals surface area contributed by atoms with Gasteiger partial charge in [0.05, 0.1) is 7.11 Å². The second-order valence-corrected chi connectivity index (χ2v) is 6.53. The van der Waals surface area contributed by atoms with E-state index >= 15 is 0 Å². The van der Waals surface area contributed by atoms with Crippen LogP contribution in [0.15, 0.2) is 23.2 Å². The zero-order chi connectivity index (χ0) is 18.7. The minimum atomic E-state index is 0. The Bertz CT molecular complexity index is 538. The van der Waals surface area contributed by atoms with E-state index < -0.39 is 0 Å². The SMILES string of the molecule is CCN(CC)CCCC(C)NC(=NC)NCc1ccc(Cl)cc1OC.I. The first kappa shape index (κ1) is 25.3. The van der Waals surface area contributed by atoms with E-state index in [9.17, 15) is 0 Å². The number of halogens is 2. The van der Waals surface area contributed by atoms with Gasteiger partial charge in [0.2, 0.25) is 0 Å². The lowest BCUT2D eigenvalue weighted by Crippen LogP contribution is -2.42. The van der Waals surface area contributed by atoms with Gasteiger partial charge in [-0.2, -0.15) is 0 Å². The molecule has 0 aromatic heterocycles. The number of nitrogens with one attached hydrogen (secondary N) is 2. The summed E-state index contributed by atoms with van der Waals surface area (Å²) in [5, 5.41) is 7.46. The van der Waals surface area contributed by atoms with Gasteiger partial charge in [-0.05, 0) is 51.5 Å². The lowest BCUT2D eigenvalue weighted by molar-refractivity contribution is 0.292. The molecule has 26 heavy (non-hydrogen) atoms. The highest BCUT2D eigenvalue weighted by Gasteiger charge is 2.08. The van der Waals surface area contributed by atoms with E-state index in [4.69, 9.17) is 16.3 Å². The molecule has 0 spiro atoms. The lowest BCUT2D eigenvalue weighted by Gasteiger charge is -2.21. The summed E-state index contributed by atoms with van der Waals surface area (Å²) in [7, 11) is 3.44. The third-order valence-electron chi connectivity index (χ3n) is 4.31. The van der Waals surface area contributed by atoms with Gasteiger partial charge in [0.25, 0.3) is 0 Å². The van der Waals surface area contributed by atoms with Crippen LogP contribution in [0, 0.1) is 0 Å². The fourth-order valence-electron chi connectivity index (χ4n) is 2.70. The normalized spacial score (nSPS) is 12.5. The molecule has 7 heteroatoms. The third kappa shape index (κ3) is 9.28. The molecule has 2 N–H and O–H groups in total. The van der Waals surface area contributed by atoms with Gasteiger partial charge in [-0.1, -0.05) is 31.5 Å². The van der Waals surface area contributed by atoms with E-state index in [0.717, 1.165) is 43.3 Å². The molecule has 0 radical (unpaired) electrons. The number of rotatable bonds is 10. The third-order valence-corrected chi connectivity index (χ3v) is 4.54. The van der Waals surface area contributed by atoms with Crippen LogP contribution in [-0.4, -0.2) is 50.7 Å². The number of guanidine groups is 1. The molecule has 0 aliphatic carbocycles. The van der Waals surface area contributed by atoms with Crippen molar-refractivity contribution in [3.8, 4) is 5.75 Å². The topological polar surface area (TPSA) is 48.9 Å². The van der Waals surface area contributed by atoms with Crippen molar-refractivity contribution in [3.05, 3.63) is 28.8 Å². The second-order valence-electron chi connectivity index (χ2n) is 6.10. The van der Waals surface area contributed by atoms with E-state index in [0.29, 0.717) is 17.6 Å². The maximum Gasteiger partial charge on any atom is 0.191 e. The lowest BCUT2D eigenvalue weighted by atomic mass is 10.1. The molecule has 0 heterocycles. The summed E-state index contributed by atoms with van der Waals surface area (Å²) in [6, 6.07) is 6.03. The maximum absolute atomic E-state index is 6.01. The summed E-state index contributed by atoms with van der Waals surface area (Å²) in [5.74, 6) is 1.58. The Labute approximate surface area is 180 Å². The van der Waals surface area contributed by atoms with Crippen LogP contribution in [0.25, 0.3) is 0 Å². The Hall–Kier alpha value is -0.730. The fourth-order valence-corrected chi connectivity index (χ4v) is 2.87. The van der Waals surface area contributed by atoms with E-state index in [1.165, 1.54) is 6.42 Å². The number of hydrogen-bond donors (Lipinski definition) is 2. The standard InChI is InChI=1S/C19H33ClN4O.HI/c1-6-24(7-2)12-8-9-15(3)23-19(21-4)22-14-16-10-11-17(20)13-18(16)25-5;/h10-11,13,15H,6-9,12,14H2,1-5H3,(H2,21,22,23);1H. The van der Waals surface area contributed by atoms with Crippen LogP contribution in [0.4, 0.5) is 0 Å². The van der Waals surface area contributed by atoms with Crippen LogP contribution in [0.1, 0.15) is 39.2 Å². The molecule has 0 amide bonds. The van der Waals surface area contributed by atoms with Gasteiger partial charge in [0, 0.05) is 30.2 Å². The summed E-state index contributed by atoms with van der Waals surface area (Å²) < 4.78 is 5.38. The van der Waals surface area contributed by atoms with Crippen molar-refractivity contribution < 1.29 is 4.74 Å². The van der Waals surface area contributed by atoms with Crippen LogP contribution < -0.4 is 15.4 Å². The van der Waals surface area contributed by atoms with E-state index in [2.05, 4.69) is 41.3 Å². The monoisotopic (exact) mass is 496 g/mol. The highest BCUT2D eigenvalue weighted by molar-refractivity contribution is 14.0. The molecular formula is C19H34ClIN4O. The largest absolute Gasteiger partial charge is 0.496 e. The van der Waals surface area contributed by atoms with Crippen molar-refractivity contribution in [2.45, 2.75) is 46.2 Å².